The lowest BCUT2D eigenvalue weighted by atomic mass is 9.97. The summed E-state index contributed by atoms with van der Waals surface area (Å²) >= 11 is 0. The molecule has 106 valence electrons. The lowest BCUT2D eigenvalue weighted by Gasteiger charge is -2.33. The first-order valence-corrected chi connectivity index (χ1v) is 5.74. The molecule has 7 heteroatoms. The van der Waals surface area contributed by atoms with Crippen LogP contribution < -0.4 is 12.4 Å². The minimum absolute atomic E-state index is 0. The van der Waals surface area contributed by atoms with Gasteiger partial charge in [-0.3, -0.25) is 9.78 Å². The molecule has 19 heavy (non-hydrogen) atoms. The third-order valence-electron chi connectivity index (χ3n) is 3.10. The van der Waals surface area contributed by atoms with Crippen LogP contribution in [0.25, 0.3) is 0 Å². The Kier molecular flexibility index (Phi) is 5.17. The molecule has 1 atom stereocenters. The van der Waals surface area contributed by atoms with E-state index in [2.05, 4.69) is 4.98 Å². The van der Waals surface area contributed by atoms with Crippen molar-refractivity contribution in [2.45, 2.75) is 19.0 Å². The first kappa shape index (κ1) is 15.8. The summed E-state index contributed by atoms with van der Waals surface area (Å²) in [6.45, 7) is 0.137. The van der Waals surface area contributed by atoms with Crippen LogP contribution in [0.15, 0.2) is 24.5 Å². The number of nitrogens with zero attached hydrogens (tertiary/aromatic N) is 2. The van der Waals surface area contributed by atoms with Gasteiger partial charge in [-0.15, -0.1) is 0 Å². The topological polar surface area (TPSA) is 33.2 Å². The van der Waals surface area contributed by atoms with Crippen LogP contribution >= 0.6 is 0 Å². The maximum absolute atomic E-state index is 12.6. The molecule has 1 fully saturated rings. The number of aromatic nitrogens is 1. The zero-order chi connectivity index (χ0) is 13.2. The highest BCUT2D eigenvalue weighted by Gasteiger charge is 2.42. The van der Waals surface area contributed by atoms with Crippen molar-refractivity contribution in [1.29, 1.82) is 0 Å². The van der Waals surface area contributed by atoms with Gasteiger partial charge >= 0.3 is 6.18 Å². The van der Waals surface area contributed by atoms with Crippen molar-refractivity contribution in [2.24, 2.45) is 5.92 Å². The van der Waals surface area contributed by atoms with Crippen molar-refractivity contribution in [1.82, 2.24) is 9.88 Å². The third-order valence-corrected chi connectivity index (χ3v) is 3.10. The average molecular weight is 294 g/mol. The Bertz CT molecular complexity index is 425. The van der Waals surface area contributed by atoms with Crippen LogP contribution in [0.4, 0.5) is 13.2 Å². The molecule has 1 aliphatic rings. The maximum atomic E-state index is 12.6. The zero-order valence-corrected chi connectivity index (χ0v) is 10.8. The summed E-state index contributed by atoms with van der Waals surface area (Å²) in [4.78, 5) is 17.1. The number of amides is 1. The summed E-state index contributed by atoms with van der Waals surface area (Å²) < 4.78 is 37.9. The highest BCUT2D eigenvalue weighted by molar-refractivity contribution is 5.94. The molecule has 2 rings (SSSR count). The molecule has 0 aromatic carbocycles. The Morgan fingerprint density at radius 1 is 1.32 bits per heavy atom. The summed E-state index contributed by atoms with van der Waals surface area (Å²) in [5.41, 5.74) is 0.382. The quantitative estimate of drug-likeness (QED) is 0.699. The summed E-state index contributed by atoms with van der Waals surface area (Å²) in [6.07, 6.45) is -0.821. The predicted molar refractivity (Wildman–Crippen MR) is 58.9 cm³/mol. The second-order valence-electron chi connectivity index (χ2n) is 4.37. The van der Waals surface area contributed by atoms with Crippen molar-refractivity contribution in [3.8, 4) is 0 Å². The molecular formula is C12H13ClF3N2O-. The highest BCUT2D eigenvalue weighted by atomic mass is 35.5. The Hall–Kier alpha value is -1.30. The Morgan fingerprint density at radius 3 is 2.53 bits per heavy atom. The predicted octanol–water partition coefficient (Wildman–Crippen LogP) is -0.500. The fourth-order valence-electron chi connectivity index (χ4n) is 2.11. The summed E-state index contributed by atoms with van der Waals surface area (Å²) in [5.74, 6) is -1.76. The number of halogens is 4. The number of piperidine rings is 1. The van der Waals surface area contributed by atoms with E-state index in [-0.39, 0.29) is 31.3 Å². The van der Waals surface area contributed by atoms with Gasteiger partial charge in [-0.05, 0) is 25.0 Å². The second-order valence-corrected chi connectivity index (χ2v) is 4.37. The summed E-state index contributed by atoms with van der Waals surface area (Å²) in [5, 5.41) is 0. The van der Waals surface area contributed by atoms with Crippen molar-refractivity contribution >= 4 is 5.91 Å². The smallest absolute Gasteiger partial charge is 0.393 e. The molecule has 1 saturated heterocycles. The van der Waals surface area contributed by atoms with Gasteiger partial charge in [-0.25, -0.2) is 0 Å². The molecular weight excluding hydrogens is 281 g/mol. The average Bonchev–Trinajstić information content (AvgIpc) is 2.38. The van der Waals surface area contributed by atoms with Gasteiger partial charge in [-0.2, -0.15) is 13.2 Å². The van der Waals surface area contributed by atoms with Gasteiger partial charge in [0.15, 0.2) is 0 Å². The molecule has 1 aliphatic heterocycles. The molecule has 0 saturated carbocycles. The third kappa shape index (κ3) is 3.83. The first-order chi connectivity index (χ1) is 8.48. The molecule has 1 unspecified atom stereocenters. The van der Waals surface area contributed by atoms with E-state index >= 15 is 0 Å². The molecule has 0 radical (unpaired) electrons. The summed E-state index contributed by atoms with van der Waals surface area (Å²) in [7, 11) is 0. The molecule has 0 bridgehead atoms. The normalized spacial score (nSPS) is 19.7. The van der Waals surface area contributed by atoms with Crippen LogP contribution in [-0.4, -0.2) is 35.1 Å². The number of pyridine rings is 1. The first-order valence-electron chi connectivity index (χ1n) is 5.74. The number of likely N-dealkylation sites (tertiary alicyclic amines) is 1. The van der Waals surface area contributed by atoms with E-state index in [1.165, 1.54) is 29.4 Å². The van der Waals surface area contributed by atoms with E-state index in [1.54, 1.807) is 0 Å². The van der Waals surface area contributed by atoms with Crippen LogP contribution in [0.3, 0.4) is 0 Å². The molecule has 0 spiro atoms. The fourth-order valence-corrected chi connectivity index (χ4v) is 2.11. The standard InChI is InChI=1S/C12H13F3N2O.ClH/c13-12(14,15)10-2-1-7-17(8-10)11(18)9-3-5-16-6-4-9;/h3-6,10H,1-2,7-8H2;1H/p-1. The van der Waals surface area contributed by atoms with E-state index < -0.39 is 12.1 Å². The van der Waals surface area contributed by atoms with Crippen molar-refractivity contribution in [3.63, 3.8) is 0 Å². The van der Waals surface area contributed by atoms with Crippen LogP contribution in [0.1, 0.15) is 23.2 Å². The molecule has 2 heterocycles. The molecule has 3 nitrogen and oxygen atoms in total. The molecule has 1 aromatic heterocycles. The van der Waals surface area contributed by atoms with Gasteiger partial charge in [0, 0.05) is 31.0 Å². The van der Waals surface area contributed by atoms with Gasteiger partial charge < -0.3 is 17.3 Å². The van der Waals surface area contributed by atoms with Crippen molar-refractivity contribution in [3.05, 3.63) is 30.1 Å². The number of carbonyl (C=O) groups is 1. The minimum atomic E-state index is -4.23. The molecule has 0 aliphatic carbocycles. The van der Waals surface area contributed by atoms with E-state index in [0.29, 0.717) is 18.5 Å². The minimum Gasteiger partial charge on any atom is -1.00 e. The van der Waals surface area contributed by atoms with Crippen molar-refractivity contribution in [2.75, 3.05) is 13.1 Å². The van der Waals surface area contributed by atoms with E-state index in [4.69, 9.17) is 0 Å². The highest BCUT2D eigenvalue weighted by Crippen LogP contribution is 2.33. The summed E-state index contributed by atoms with van der Waals surface area (Å²) in [6, 6.07) is 3.03. The van der Waals surface area contributed by atoms with Gasteiger partial charge in [0.1, 0.15) is 0 Å². The number of rotatable bonds is 1. The fraction of sp³-hybridized carbons (Fsp3) is 0.500. The van der Waals surface area contributed by atoms with E-state index in [0.717, 1.165) is 0 Å². The zero-order valence-electron chi connectivity index (χ0n) is 10.0. The Labute approximate surface area is 115 Å². The molecule has 1 amide bonds. The van der Waals surface area contributed by atoms with Gasteiger partial charge in [0.2, 0.25) is 0 Å². The van der Waals surface area contributed by atoms with Crippen LogP contribution in [0.5, 0.6) is 0 Å². The SMILES string of the molecule is O=C(c1ccncc1)N1CCCC(C(F)(F)F)C1.[Cl-]. The lowest BCUT2D eigenvalue weighted by Crippen LogP contribution is -3.00. The van der Waals surface area contributed by atoms with Gasteiger partial charge in [0.25, 0.3) is 5.91 Å². The van der Waals surface area contributed by atoms with Crippen molar-refractivity contribution < 1.29 is 30.4 Å². The second kappa shape index (κ2) is 6.23. The van der Waals surface area contributed by atoms with Crippen LogP contribution in [0, 0.1) is 5.92 Å². The van der Waals surface area contributed by atoms with Crippen LogP contribution in [0.2, 0.25) is 0 Å². The van der Waals surface area contributed by atoms with Gasteiger partial charge in [0.05, 0.1) is 5.92 Å². The largest absolute Gasteiger partial charge is 1.00 e. The molecule has 1 aromatic rings. The van der Waals surface area contributed by atoms with E-state index in [1.807, 2.05) is 0 Å². The maximum Gasteiger partial charge on any atom is 0.393 e. The monoisotopic (exact) mass is 293 g/mol. The number of carbonyl (C=O) groups excluding carboxylic acids is 1. The van der Waals surface area contributed by atoms with Crippen LogP contribution in [-0.2, 0) is 0 Å². The Balaban J connectivity index is 0.00000180. The molecule has 0 N–H and O–H groups in total. The number of hydrogen-bond acceptors (Lipinski definition) is 2. The van der Waals surface area contributed by atoms with E-state index in [9.17, 15) is 18.0 Å². The van der Waals surface area contributed by atoms with Gasteiger partial charge in [-0.1, -0.05) is 0 Å². The lowest BCUT2D eigenvalue weighted by molar-refractivity contribution is -0.184. The number of hydrogen-bond donors (Lipinski definition) is 0. The Morgan fingerprint density at radius 2 is 1.95 bits per heavy atom. The number of alkyl halides is 3.